The molecule has 1 aliphatic rings. The van der Waals surface area contributed by atoms with Gasteiger partial charge in [0.1, 0.15) is 24.3 Å². The van der Waals surface area contributed by atoms with Crippen molar-refractivity contribution >= 4 is 0 Å². The lowest BCUT2D eigenvalue weighted by molar-refractivity contribution is 0.0558. The first-order valence-electron chi connectivity index (χ1n) is 12.5. The van der Waals surface area contributed by atoms with Gasteiger partial charge in [0.2, 0.25) is 0 Å². The van der Waals surface area contributed by atoms with Gasteiger partial charge in [0.15, 0.2) is 0 Å². The van der Waals surface area contributed by atoms with Crippen molar-refractivity contribution in [2.24, 2.45) is 5.92 Å². The molecule has 4 nitrogen and oxygen atoms in total. The number of halogens is 1. The van der Waals surface area contributed by atoms with E-state index < -0.39 is 6.10 Å². The molecule has 0 aliphatic heterocycles. The summed E-state index contributed by atoms with van der Waals surface area (Å²) in [5, 5.41) is 10.9. The highest BCUT2D eigenvalue weighted by atomic mass is 19.1. The Hall–Kier alpha value is -2.63. The molecule has 5 heteroatoms. The summed E-state index contributed by atoms with van der Waals surface area (Å²) in [6.07, 6.45) is 7.99. The van der Waals surface area contributed by atoms with Crippen molar-refractivity contribution < 1.29 is 14.2 Å². The van der Waals surface area contributed by atoms with Gasteiger partial charge in [0.25, 0.3) is 0 Å². The van der Waals surface area contributed by atoms with Crippen molar-refractivity contribution in [3.63, 3.8) is 0 Å². The Morgan fingerprint density at radius 2 is 1.79 bits per heavy atom. The normalized spacial score (nSPS) is 15.5. The number of para-hydroxylation sites is 1. The van der Waals surface area contributed by atoms with Crippen LogP contribution in [0.3, 0.4) is 0 Å². The molecule has 34 heavy (non-hydrogen) atoms. The first-order chi connectivity index (χ1) is 16.6. The van der Waals surface area contributed by atoms with Gasteiger partial charge in [0.05, 0.1) is 0 Å². The molecule has 3 aromatic rings. The maximum absolute atomic E-state index is 13.3. The molecule has 0 amide bonds. The van der Waals surface area contributed by atoms with Crippen LogP contribution in [-0.2, 0) is 13.1 Å². The highest BCUT2D eigenvalue weighted by molar-refractivity contribution is 5.31. The van der Waals surface area contributed by atoms with Crippen LogP contribution >= 0.6 is 0 Å². The Morgan fingerprint density at radius 1 is 1.03 bits per heavy atom. The summed E-state index contributed by atoms with van der Waals surface area (Å²) in [7, 11) is 0. The second-order valence-electron chi connectivity index (χ2n) is 9.68. The predicted molar refractivity (Wildman–Crippen MR) is 134 cm³/mol. The summed E-state index contributed by atoms with van der Waals surface area (Å²) >= 11 is 0. The molecule has 1 atom stereocenters. The third kappa shape index (κ3) is 7.18. The number of nitrogens with zero attached hydrogens (tertiary/aromatic N) is 2. The molecule has 2 aromatic carbocycles. The first-order valence-corrected chi connectivity index (χ1v) is 12.5. The Kier molecular flexibility index (Phi) is 8.78. The SMILES string of the molecule is Cc1ccccc1OC[C@@H](O)CN(Cc1cccn1Cc1ccc(F)cc1)CC1CCCCC1. The molecule has 1 aromatic heterocycles. The van der Waals surface area contributed by atoms with E-state index in [2.05, 4.69) is 27.8 Å². The summed E-state index contributed by atoms with van der Waals surface area (Å²) in [6, 6.07) is 18.8. The van der Waals surface area contributed by atoms with E-state index in [4.69, 9.17) is 4.74 Å². The highest BCUT2D eigenvalue weighted by Crippen LogP contribution is 2.25. The Bertz CT molecular complexity index is 1010. The summed E-state index contributed by atoms with van der Waals surface area (Å²) in [5.41, 5.74) is 3.35. The molecule has 0 saturated heterocycles. The lowest BCUT2D eigenvalue weighted by Crippen LogP contribution is -2.39. The van der Waals surface area contributed by atoms with Crippen LogP contribution in [0.2, 0.25) is 0 Å². The number of benzene rings is 2. The standard InChI is InChI=1S/C29H37FN2O2/c1-23-8-5-6-12-29(23)34-22-28(33)21-31(18-24-9-3-2-4-10-24)20-27-11-7-17-32(27)19-25-13-15-26(30)16-14-25/h5-8,11-17,24,28,33H,2-4,9-10,18-22H2,1H3/t28-/m0/s1. The average Bonchev–Trinajstić information content (AvgIpc) is 3.27. The molecular formula is C29H37FN2O2. The molecule has 1 aliphatic carbocycles. The van der Waals surface area contributed by atoms with Gasteiger partial charge in [-0.15, -0.1) is 0 Å². The minimum absolute atomic E-state index is 0.211. The maximum atomic E-state index is 13.3. The smallest absolute Gasteiger partial charge is 0.123 e. The molecule has 0 spiro atoms. The van der Waals surface area contributed by atoms with Crippen LogP contribution in [0.15, 0.2) is 66.9 Å². The van der Waals surface area contributed by atoms with Crippen LogP contribution in [0, 0.1) is 18.7 Å². The van der Waals surface area contributed by atoms with E-state index in [9.17, 15) is 9.50 Å². The molecule has 0 bridgehead atoms. The second kappa shape index (κ2) is 12.2. The van der Waals surface area contributed by atoms with E-state index in [1.165, 1.54) is 49.9 Å². The van der Waals surface area contributed by atoms with Crippen LogP contribution in [0.1, 0.15) is 48.9 Å². The van der Waals surface area contributed by atoms with Crippen molar-refractivity contribution in [1.29, 1.82) is 0 Å². The number of aryl methyl sites for hydroxylation is 1. The maximum Gasteiger partial charge on any atom is 0.123 e. The molecule has 1 saturated carbocycles. The molecule has 182 valence electrons. The van der Waals surface area contributed by atoms with Crippen LogP contribution in [-0.4, -0.2) is 40.4 Å². The van der Waals surface area contributed by atoms with Gasteiger partial charge in [-0.1, -0.05) is 49.6 Å². The van der Waals surface area contributed by atoms with Gasteiger partial charge in [-0.05, 0) is 67.1 Å². The van der Waals surface area contributed by atoms with Crippen LogP contribution in [0.25, 0.3) is 0 Å². The first kappa shape index (κ1) is 24.5. The van der Waals surface area contributed by atoms with Gasteiger partial charge < -0.3 is 14.4 Å². The van der Waals surface area contributed by atoms with Crippen molar-refractivity contribution in [1.82, 2.24) is 9.47 Å². The third-order valence-corrected chi connectivity index (χ3v) is 6.81. The third-order valence-electron chi connectivity index (χ3n) is 6.81. The van der Waals surface area contributed by atoms with E-state index in [1.54, 1.807) is 0 Å². The highest BCUT2D eigenvalue weighted by Gasteiger charge is 2.21. The number of aromatic nitrogens is 1. The minimum Gasteiger partial charge on any atom is -0.491 e. The molecule has 1 heterocycles. The summed E-state index contributed by atoms with van der Waals surface area (Å²) < 4.78 is 21.5. The van der Waals surface area contributed by atoms with E-state index in [-0.39, 0.29) is 12.4 Å². The Morgan fingerprint density at radius 3 is 2.56 bits per heavy atom. The van der Waals surface area contributed by atoms with E-state index in [0.29, 0.717) is 19.0 Å². The van der Waals surface area contributed by atoms with Crippen molar-refractivity contribution in [3.8, 4) is 5.75 Å². The van der Waals surface area contributed by atoms with Crippen molar-refractivity contribution in [2.75, 3.05) is 19.7 Å². The predicted octanol–water partition coefficient (Wildman–Crippen LogP) is 5.81. The van der Waals surface area contributed by atoms with E-state index in [0.717, 1.165) is 30.0 Å². The summed E-state index contributed by atoms with van der Waals surface area (Å²) in [5.74, 6) is 1.30. The number of hydrogen-bond acceptors (Lipinski definition) is 3. The minimum atomic E-state index is -0.566. The Labute approximate surface area is 203 Å². The van der Waals surface area contributed by atoms with E-state index >= 15 is 0 Å². The number of ether oxygens (including phenoxy) is 1. The van der Waals surface area contributed by atoms with Gasteiger partial charge in [0, 0.05) is 38.1 Å². The zero-order valence-corrected chi connectivity index (χ0v) is 20.2. The molecule has 1 fully saturated rings. The molecule has 4 rings (SSSR count). The molecule has 0 radical (unpaired) electrons. The van der Waals surface area contributed by atoms with Crippen molar-refractivity contribution in [3.05, 3.63) is 89.5 Å². The zero-order valence-electron chi connectivity index (χ0n) is 20.2. The summed E-state index contributed by atoms with van der Waals surface area (Å²) in [4.78, 5) is 2.39. The quantitative estimate of drug-likeness (QED) is 0.389. The number of aliphatic hydroxyl groups is 1. The average molecular weight is 465 g/mol. The van der Waals surface area contributed by atoms with Gasteiger partial charge >= 0.3 is 0 Å². The van der Waals surface area contributed by atoms with Gasteiger partial charge in [-0.3, -0.25) is 4.90 Å². The number of hydrogen-bond donors (Lipinski definition) is 1. The van der Waals surface area contributed by atoms with Crippen LogP contribution < -0.4 is 4.74 Å². The number of rotatable bonds is 11. The zero-order chi connectivity index (χ0) is 23.8. The fraction of sp³-hybridized carbons (Fsp3) is 0.448. The topological polar surface area (TPSA) is 37.6 Å². The van der Waals surface area contributed by atoms with Gasteiger partial charge in [-0.2, -0.15) is 0 Å². The lowest BCUT2D eigenvalue weighted by atomic mass is 9.89. The summed E-state index contributed by atoms with van der Waals surface area (Å²) in [6.45, 7) is 5.34. The fourth-order valence-electron chi connectivity index (χ4n) is 4.96. The lowest BCUT2D eigenvalue weighted by Gasteiger charge is -2.31. The fourth-order valence-corrected chi connectivity index (χ4v) is 4.96. The largest absolute Gasteiger partial charge is 0.491 e. The Balaban J connectivity index is 1.40. The van der Waals surface area contributed by atoms with Crippen LogP contribution in [0.4, 0.5) is 4.39 Å². The molecule has 1 N–H and O–H groups in total. The van der Waals surface area contributed by atoms with Crippen LogP contribution in [0.5, 0.6) is 5.75 Å². The van der Waals surface area contributed by atoms with Gasteiger partial charge in [-0.25, -0.2) is 4.39 Å². The second-order valence-corrected chi connectivity index (χ2v) is 9.68. The monoisotopic (exact) mass is 464 g/mol. The number of aliphatic hydroxyl groups excluding tert-OH is 1. The molecule has 0 unspecified atom stereocenters. The van der Waals surface area contributed by atoms with E-state index in [1.807, 2.05) is 43.3 Å². The van der Waals surface area contributed by atoms with Crippen molar-refractivity contribution in [2.45, 2.75) is 58.2 Å². The molecular weight excluding hydrogens is 427 g/mol.